The maximum Gasteiger partial charge on any atom is 0.327 e. The smallest absolute Gasteiger partial charge is 0.315 e. The minimum Gasteiger partial charge on any atom is -0.315 e. The predicted molar refractivity (Wildman–Crippen MR) is 102 cm³/mol. The highest BCUT2D eigenvalue weighted by Gasteiger charge is 2.46. The summed E-state index contributed by atoms with van der Waals surface area (Å²) >= 11 is 6.11. The average Bonchev–Trinajstić information content (AvgIpc) is 2.69. The highest BCUT2D eigenvalue weighted by atomic mass is 35.5. The van der Waals surface area contributed by atoms with Crippen LogP contribution in [0.25, 0.3) is 0 Å². The fourth-order valence-electron chi connectivity index (χ4n) is 3.85. The molecule has 2 aliphatic rings. The third-order valence-electron chi connectivity index (χ3n) is 5.14. The lowest BCUT2D eigenvalue weighted by Crippen LogP contribution is -2.68. The van der Waals surface area contributed by atoms with Gasteiger partial charge in [-0.15, -0.1) is 0 Å². The number of nitrogens with zero attached hydrogens (tertiary/aromatic N) is 3. The van der Waals surface area contributed by atoms with Crippen LogP contribution in [0.3, 0.4) is 0 Å². The Morgan fingerprint density at radius 1 is 1.15 bits per heavy atom. The summed E-state index contributed by atoms with van der Waals surface area (Å²) in [5.41, 5.74) is 1.78. The second-order valence-electron chi connectivity index (χ2n) is 6.97. The second kappa shape index (κ2) is 7.66. The van der Waals surface area contributed by atoms with E-state index in [0.717, 1.165) is 30.5 Å². The molecule has 2 atom stereocenters. The summed E-state index contributed by atoms with van der Waals surface area (Å²) in [5, 5.41) is 3.95. The maximum atomic E-state index is 13.2. The number of hydrogen-bond acceptors (Lipinski definition) is 4. The molecule has 140 valence electrons. The minimum atomic E-state index is -0.368. The van der Waals surface area contributed by atoms with Gasteiger partial charge in [0, 0.05) is 24.0 Å². The van der Waals surface area contributed by atoms with E-state index in [4.69, 9.17) is 11.6 Å². The number of hydrogen-bond donors (Lipinski definition) is 1. The summed E-state index contributed by atoms with van der Waals surface area (Å²) in [5.74, 6) is -0.157. The summed E-state index contributed by atoms with van der Waals surface area (Å²) < 4.78 is 0. The van der Waals surface area contributed by atoms with Crippen LogP contribution in [0, 0.1) is 0 Å². The molecule has 0 spiro atoms. The molecule has 0 saturated carbocycles. The van der Waals surface area contributed by atoms with Crippen LogP contribution in [0.15, 0.2) is 48.8 Å². The van der Waals surface area contributed by atoms with Gasteiger partial charge >= 0.3 is 6.03 Å². The standard InChI is InChI=1S/C20H21ClN4O2/c21-16-6-1-4-14(10-16)12-24-17-7-3-9-23-18(17)19(26)25(20(24)27)13-15-5-2-8-22-11-15/h1-2,4-6,8,10-11,17-18,23H,3,7,9,12-13H2. The molecule has 3 heterocycles. The van der Waals surface area contributed by atoms with Crippen LogP contribution in [-0.2, 0) is 17.9 Å². The van der Waals surface area contributed by atoms with Crippen molar-refractivity contribution >= 4 is 23.5 Å². The van der Waals surface area contributed by atoms with E-state index in [1.807, 2.05) is 30.3 Å². The van der Waals surface area contributed by atoms with Gasteiger partial charge in [0.25, 0.3) is 0 Å². The highest BCUT2D eigenvalue weighted by Crippen LogP contribution is 2.28. The molecule has 27 heavy (non-hydrogen) atoms. The first-order valence-electron chi connectivity index (χ1n) is 9.12. The number of piperidine rings is 1. The molecule has 0 radical (unpaired) electrons. The number of fused-ring (bicyclic) bond motifs is 1. The van der Waals surface area contributed by atoms with E-state index < -0.39 is 0 Å². The van der Waals surface area contributed by atoms with Crippen molar-refractivity contribution in [3.8, 4) is 0 Å². The molecule has 2 aliphatic heterocycles. The zero-order chi connectivity index (χ0) is 18.8. The Labute approximate surface area is 163 Å². The summed E-state index contributed by atoms with van der Waals surface area (Å²) in [6, 6.07) is 10.4. The zero-order valence-electron chi connectivity index (χ0n) is 14.8. The van der Waals surface area contributed by atoms with E-state index in [1.165, 1.54) is 4.90 Å². The Hall–Kier alpha value is -2.44. The fourth-order valence-corrected chi connectivity index (χ4v) is 4.07. The SMILES string of the molecule is O=C1C2NCCCC2N(Cc2cccc(Cl)c2)C(=O)N1Cc1cccnc1. The predicted octanol–water partition coefficient (Wildman–Crippen LogP) is 2.82. The van der Waals surface area contributed by atoms with Crippen LogP contribution in [-0.4, -0.2) is 45.4 Å². The average molecular weight is 385 g/mol. The molecule has 0 aliphatic carbocycles. The molecule has 6 nitrogen and oxygen atoms in total. The number of nitrogens with one attached hydrogen (secondary N) is 1. The molecule has 7 heteroatoms. The van der Waals surface area contributed by atoms with Crippen molar-refractivity contribution < 1.29 is 9.59 Å². The maximum absolute atomic E-state index is 13.2. The molecule has 2 fully saturated rings. The van der Waals surface area contributed by atoms with Gasteiger partial charge in [-0.05, 0) is 48.7 Å². The normalized spacial score (nSPS) is 22.7. The molecular weight excluding hydrogens is 364 g/mol. The number of rotatable bonds is 4. The van der Waals surface area contributed by atoms with Gasteiger partial charge in [-0.3, -0.25) is 14.7 Å². The summed E-state index contributed by atoms with van der Waals surface area (Å²) in [7, 11) is 0. The minimum absolute atomic E-state index is 0.136. The van der Waals surface area contributed by atoms with E-state index in [1.54, 1.807) is 23.4 Å². The number of urea groups is 1. The number of aromatic nitrogens is 1. The molecule has 2 aromatic rings. The van der Waals surface area contributed by atoms with Crippen LogP contribution >= 0.6 is 11.6 Å². The number of carbonyl (C=O) groups excluding carboxylic acids is 2. The number of halogens is 1. The molecule has 0 bridgehead atoms. The first-order valence-corrected chi connectivity index (χ1v) is 9.50. The highest BCUT2D eigenvalue weighted by molar-refractivity contribution is 6.30. The second-order valence-corrected chi connectivity index (χ2v) is 7.40. The van der Waals surface area contributed by atoms with Crippen LogP contribution in [0.1, 0.15) is 24.0 Å². The number of benzene rings is 1. The van der Waals surface area contributed by atoms with E-state index >= 15 is 0 Å². The van der Waals surface area contributed by atoms with Gasteiger partial charge in [-0.1, -0.05) is 29.8 Å². The van der Waals surface area contributed by atoms with Gasteiger partial charge in [0.1, 0.15) is 6.04 Å². The molecule has 1 N–H and O–H groups in total. The Morgan fingerprint density at radius 2 is 2.00 bits per heavy atom. The van der Waals surface area contributed by atoms with Crippen LogP contribution in [0.5, 0.6) is 0 Å². The van der Waals surface area contributed by atoms with E-state index in [0.29, 0.717) is 11.6 Å². The van der Waals surface area contributed by atoms with Crippen molar-refractivity contribution in [3.63, 3.8) is 0 Å². The van der Waals surface area contributed by atoms with Crippen molar-refractivity contribution in [1.82, 2.24) is 20.1 Å². The molecule has 1 aromatic carbocycles. The summed E-state index contributed by atoms with van der Waals surface area (Å²) in [6.45, 7) is 1.44. The number of amides is 3. The van der Waals surface area contributed by atoms with Gasteiger partial charge < -0.3 is 10.2 Å². The van der Waals surface area contributed by atoms with Gasteiger partial charge in [-0.2, -0.15) is 0 Å². The van der Waals surface area contributed by atoms with Gasteiger partial charge in [0.05, 0.1) is 12.6 Å². The van der Waals surface area contributed by atoms with E-state index in [-0.39, 0.29) is 30.6 Å². The number of carbonyl (C=O) groups is 2. The summed E-state index contributed by atoms with van der Waals surface area (Å²) in [4.78, 5) is 33.5. The third-order valence-corrected chi connectivity index (χ3v) is 5.38. The van der Waals surface area contributed by atoms with Crippen molar-refractivity contribution in [1.29, 1.82) is 0 Å². The number of pyridine rings is 1. The molecular formula is C20H21ClN4O2. The third kappa shape index (κ3) is 3.68. The fraction of sp³-hybridized carbons (Fsp3) is 0.350. The quantitative estimate of drug-likeness (QED) is 0.880. The molecule has 4 rings (SSSR count). The number of imide groups is 1. The summed E-state index contributed by atoms with van der Waals surface area (Å²) in [6.07, 6.45) is 5.11. The lowest BCUT2D eigenvalue weighted by atomic mass is 9.93. The molecule has 2 saturated heterocycles. The van der Waals surface area contributed by atoms with Gasteiger partial charge in [-0.25, -0.2) is 4.79 Å². The van der Waals surface area contributed by atoms with E-state index in [9.17, 15) is 9.59 Å². The molecule has 3 amide bonds. The van der Waals surface area contributed by atoms with E-state index in [2.05, 4.69) is 10.3 Å². The van der Waals surface area contributed by atoms with Crippen molar-refractivity contribution in [2.45, 2.75) is 38.0 Å². The van der Waals surface area contributed by atoms with Crippen LogP contribution in [0.2, 0.25) is 5.02 Å². The Balaban J connectivity index is 1.63. The van der Waals surface area contributed by atoms with Gasteiger partial charge in [0.15, 0.2) is 0 Å². The van der Waals surface area contributed by atoms with Crippen molar-refractivity contribution in [3.05, 3.63) is 64.9 Å². The molecule has 2 unspecified atom stereocenters. The lowest BCUT2D eigenvalue weighted by molar-refractivity contribution is -0.137. The van der Waals surface area contributed by atoms with Crippen molar-refractivity contribution in [2.24, 2.45) is 0 Å². The molecule has 1 aromatic heterocycles. The zero-order valence-corrected chi connectivity index (χ0v) is 15.6. The lowest BCUT2D eigenvalue weighted by Gasteiger charge is -2.47. The Bertz CT molecular complexity index is 845. The monoisotopic (exact) mass is 384 g/mol. The topological polar surface area (TPSA) is 65.5 Å². The first-order chi connectivity index (χ1) is 13.1. The van der Waals surface area contributed by atoms with Crippen LogP contribution in [0.4, 0.5) is 4.79 Å². The Kier molecular flexibility index (Phi) is 5.09. The van der Waals surface area contributed by atoms with Gasteiger partial charge in [0.2, 0.25) is 5.91 Å². The Morgan fingerprint density at radius 3 is 2.78 bits per heavy atom. The van der Waals surface area contributed by atoms with Crippen LogP contribution < -0.4 is 5.32 Å². The first kappa shape index (κ1) is 17.9. The largest absolute Gasteiger partial charge is 0.327 e. The van der Waals surface area contributed by atoms with Crippen molar-refractivity contribution in [2.75, 3.05) is 6.54 Å².